The minimum atomic E-state index is -0.124. The van der Waals surface area contributed by atoms with Gasteiger partial charge in [-0.25, -0.2) is 0 Å². The van der Waals surface area contributed by atoms with E-state index in [-0.39, 0.29) is 5.91 Å². The smallest absolute Gasteiger partial charge is 0.265 e. The highest BCUT2D eigenvalue weighted by Crippen LogP contribution is 2.38. The van der Waals surface area contributed by atoms with Crippen molar-refractivity contribution in [3.05, 3.63) is 38.5 Å². The van der Waals surface area contributed by atoms with Crippen LogP contribution in [0.4, 0.5) is 5.69 Å². The van der Waals surface area contributed by atoms with Gasteiger partial charge in [0.1, 0.15) is 13.2 Å². The zero-order valence-corrected chi connectivity index (χ0v) is 14.9. The normalized spacial score (nSPS) is 18.8. The summed E-state index contributed by atoms with van der Waals surface area (Å²) in [5.74, 6) is 1.79. The lowest BCUT2D eigenvalue weighted by molar-refractivity contribution is 0.103. The van der Waals surface area contributed by atoms with Crippen LogP contribution in [0.15, 0.2) is 18.2 Å². The van der Waals surface area contributed by atoms with Crippen LogP contribution in [0.2, 0.25) is 5.02 Å². The van der Waals surface area contributed by atoms with Crippen LogP contribution in [0.5, 0.6) is 11.5 Å². The Balaban J connectivity index is 1.56. The predicted octanol–water partition coefficient (Wildman–Crippen LogP) is 4.55. The molecule has 2 heterocycles. The summed E-state index contributed by atoms with van der Waals surface area (Å²) in [7, 11) is 0. The number of fused-ring (bicyclic) bond motifs is 2. The van der Waals surface area contributed by atoms with Gasteiger partial charge in [0.25, 0.3) is 5.91 Å². The van der Waals surface area contributed by atoms with Crippen molar-refractivity contribution in [1.82, 2.24) is 0 Å². The van der Waals surface area contributed by atoms with Gasteiger partial charge in [-0.05, 0) is 36.8 Å². The SMILES string of the molecule is CC1CCc2sc(C(=O)Nc3cc4c(cc3Cl)OCCO4)cc2C1. The molecule has 2 aromatic rings. The number of hydrogen-bond acceptors (Lipinski definition) is 4. The van der Waals surface area contributed by atoms with Gasteiger partial charge in [0.05, 0.1) is 15.6 Å². The molecule has 6 heteroatoms. The summed E-state index contributed by atoms with van der Waals surface area (Å²) in [6.45, 7) is 3.27. The van der Waals surface area contributed by atoms with Crippen LogP contribution in [0.25, 0.3) is 0 Å². The van der Waals surface area contributed by atoms with Crippen molar-refractivity contribution >= 4 is 34.5 Å². The fourth-order valence-electron chi connectivity index (χ4n) is 3.16. The van der Waals surface area contributed by atoms with Gasteiger partial charge in [0, 0.05) is 17.0 Å². The minimum absolute atomic E-state index is 0.124. The monoisotopic (exact) mass is 363 g/mol. The third-order valence-electron chi connectivity index (χ3n) is 4.43. The topological polar surface area (TPSA) is 47.6 Å². The van der Waals surface area contributed by atoms with Gasteiger partial charge in [0.2, 0.25) is 0 Å². The Hall–Kier alpha value is -1.72. The van der Waals surface area contributed by atoms with E-state index < -0.39 is 0 Å². The first-order valence-corrected chi connectivity index (χ1v) is 9.31. The van der Waals surface area contributed by atoms with Gasteiger partial charge in [-0.15, -0.1) is 11.3 Å². The van der Waals surface area contributed by atoms with Crippen molar-refractivity contribution in [1.29, 1.82) is 0 Å². The molecule has 0 saturated heterocycles. The van der Waals surface area contributed by atoms with Crippen molar-refractivity contribution in [2.45, 2.75) is 26.2 Å². The molecule has 0 bridgehead atoms. The fourth-order valence-corrected chi connectivity index (χ4v) is 4.47. The molecule has 4 nitrogen and oxygen atoms in total. The Morgan fingerprint density at radius 1 is 1.25 bits per heavy atom. The average molecular weight is 364 g/mol. The average Bonchev–Trinajstić information content (AvgIpc) is 2.98. The Morgan fingerprint density at radius 2 is 2.00 bits per heavy atom. The number of carbonyl (C=O) groups excluding carboxylic acids is 1. The molecule has 1 atom stereocenters. The zero-order valence-electron chi connectivity index (χ0n) is 13.4. The van der Waals surface area contributed by atoms with E-state index in [2.05, 4.69) is 12.2 Å². The Morgan fingerprint density at radius 3 is 2.79 bits per heavy atom. The summed E-state index contributed by atoms with van der Waals surface area (Å²) < 4.78 is 11.0. The molecule has 0 spiro atoms. The van der Waals surface area contributed by atoms with E-state index in [9.17, 15) is 4.79 Å². The summed E-state index contributed by atoms with van der Waals surface area (Å²) in [6, 6.07) is 5.44. The number of ether oxygens (including phenoxy) is 2. The van der Waals surface area contributed by atoms with Crippen molar-refractivity contribution in [2.24, 2.45) is 5.92 Å². The van der Waals surface area contributed by atoms with E-state index in [0.29, 0.717) is 41.3 Å². The van der Waals surface area contributed by atoms with E-state index in [4.69, 9.17) is 21.1 Å². The number of aryl methyl sites for hydroxylation is 1. The van der Waals surface area contributed by atoms with Crippen LogP contribution < -0.4 is 14.8 Å². The summed E-state index contributed by atoms with van der Waals surface area (Å²) in [5.41, 5.74) is 1.86. The van der Waals surface area contributed by atoms with Crippen LogP contribution in [0.1, 0.15) is 33.5 Å². The maximum atomic E-state index is 12.6. The van der Waals surface area contributed by atoms with Crippen LogP contribution in [-0.4, -0.2) is 19.1 Å². The van der Waals surface area contributed by atoms with Crippen molar-refractivity contribution < 1.29 is 14.3 Å². The van der Waals surface area contributed by atoms with Crippen LogP contribution in [0, 0.1) is 5.92 Å². The Bertz CT molecular complexity index is 802. The number of hydrogen-bond donors (Lipinski definition) is 1. The third kappa shape index (κ3) is 2.98. The highest BCUT2D eigenvalue weighted by Gasteiger charge is 2.22. The summed E-state index contributed by atoms with van der Waals surface area (Å²) >= 11 is 7.85. The van der Waals surface area contributed by atoms with Crippen molar-refractivity contribution in [3.63, 3.8) is 0 Å². The number of amides is 1. The van der Waals surface area contributed by atoms with Crippen LogP contribution in [-0.2, 0) is 12.8 Å². The molecular weight excluding hydrogens is 346 g/mol. The van der Waals surface area contributed by atoms with Gasteiger partial charge < -0.3 is 14.8 Å². The lowest BCUT2D eigenvalue weighted by Gasteiger charge is -2.19. The van der Waals surface area contributed by atoms with Gasteiger partial charge in [0.15, 0.2) is 11.5 Å². The molecule has 1 aliphatic carbocycles. The largest absolute Gasteiger partial charge is 0.486 e. The number of anilines is 1. The highest BCUT2D eigenvalue weighted by molar-refractivity contribution is 7.14. The lowest BCUT2D eigenvalue weighted by atomic mass is 9.90. The van der Waals surface area contributed by atoms with E-state index in [0.717, 1.165) is 17.7 Å². The van der Waals surface area contributed by atoms with E-state index >= 15 is 0 Å². The second-order valence-corrected chi connectivity index (χ2v) is 7.88. The molecule has 0 saturated carbocycles. The molecular formula is C18H18ClNO3S. The first-order chi connectivity index (χ1) is 11.6. The summed E-state index contributed by atoms with van der Waals surface area (Å²) in [5, 5.41) is 3.35. The minimum Gasteiger partial charge on any atom is -0.486 e. The molecule has 0 radical (unpaired) electrons. The number of halogens is 1. The van der Waals surface area contributed by atoms with E-state index in [1.54, 1.807) is 23.5 Å². The summed E-state index contributed by atoms with van der Waals surface area (Å²) in [6.07, 6.45) is 3.33. The summed E-state index contributed by atoms with van der Waals surface area (Å²) in [4.78, 5) is 14.7. The lowest BCUT2D eigenvalue weighted by Crippen LogP contribution is -2.16. The predicted molar refractivity (Wildman–Crippen MR) is 95.9 cm³/mol. The van der Waals surface area contributed by atoms with Crippen molar-refractivity contribution in [3.8, 4) is 11.5 Å². The molecule has 0 fully saturated rings. The van der Waals surface area contributed by atoms with Crippen molar-refractivity contribution in [2.75, 3.05) is 18.5 Å². The maximum Gasteiger partial charge on any atom is 0.265 e. The standard InChI is InChI=1S/C18H18ClNO3S/c1-10-2-3-16-11(6-10)7-17(24-16)18(21)20-13-9-15-14(8-12(13)19)22-4-5-23-15/h7-10H,2-6H2,1H3,(H,20,21). The number of thiophene rings is 1. The molecule has 1 amide bonds. The number of rotatable bonds is 2. The number of benzene rings is 1. The number of carbonyl (C=O) groups is 1. The van der Waals surface area contributed by atoms with Crippen LogP contribution in [0.3, 0.4) is 0 Å². The second kappa shape index (κ2) is 6.30. The van der Waals surface area contributed by atoms with Gasteiger partial charge in [-0.2, -0.15) is 0 Å². The Labute approximate surface area is 149 Å². The molecule has 4 rings (SSSR count). The first kappa shape index (κ1) is 15.8. The quantitative estimate of drug-likeness (QED) is 0.851. The van der Waals surface area contributed by atoms with Gasteiger partial charge in [-0.1, -0.05) is 18.5 Å². The van der Waals surface area contributed by atoms with Gasteiger partial charge >= 0.3 is 0 Å². The third-order valence-corrected chi connectivity index (χ3v) is 5.98. The molecule has 1 aromatic heterocycles. The number of nitrogens with one attached hydrogen (secondary N) is 1. The molecule has 126 valence electrons. The second-order valence-electron chi connectivity index (χ2n) is 6.34. The molecule has 24 heavy (non-hydrogen) atoms. The zero-order chi connectivity index (χ0) is 16.7. The van der Waals surface area contributed by atoms with E-state index in [1.807, 2.05) is 6.07 Å². The molecule has 1 N–H and O–H groups in total. The first-order valence-electron chi connectivity index (χ1n) is 8.12. The van der Waals surface area contributed by atoms with Crippen LogP contribution >= 0.6 is 22.9 Å². The molecule has 1 aromatic carbocycles. The molecule has 1 unspecified atom stereocenters. The maximum absolute atomic E-state index is 12.6. The molecule has 2 aliphatic rings. The fraction of sp³-hybridized carbons (Fsp3) is 0.389. The molecule has 1 aliphatic heterocycles. The highest BCUT2D eigenvalue weighted by atomic mass is 35.5. The Kier molecular flexibility index (Phi) is 4.14. The van der Waals surface area contributed by atoms with E-state index in [1.165, 1.54) is 16.9 Å². The van der Waals surface area contributed by atoms with Gasteiger partial charge in [-0.3, -0.25) is 4.79 Å².